The highest BCUT2D eigenvalue weighted by atomic mass is 15.2. The lowest BCUT2D eigenvalue weighted by molar-refractivity contribution is 0.567. The van der Waals surface area contributed by atoms with E-state index >= 15 is 0 Å². The summed E-state index contributed by atoms with van der Waals surface area (Å²) in [7, 11) is 0. The zero-order chi connectivity index (χ0) is 13.2. The van der Waals surface area contributed by atoms with E-state index in [1.807, 2.05) is 12.1 Å². The number of nitriles is 1. The van der Waals surface area contributed by atoms with Gasteiger partial charge in [0.15, 0.2) is 5.82 Å². The van der Waals surface area contributed by atoms with Crippen molar-refractivity contribution in [3.8, 4) is 6.07 Å². The molecule has 18 heavy (non-hydrogen) atoms. The Kier molecular flexibility index (Phi) is 2.98. The lowest BCUT2D eigenvalue weighted by atomic mass is 9.92. The molecule has 92 valence electrons. The molecule has 2 aromatic rings. The van der Waals surface area contributed by atoms with Crippen LogP contribution in [-0.4, -0.2) is 20.2 Å². The summed E-state index contributed by atoms with van der Waals surface area (Å²) in [6, 6.07) is 5.42. The second-order valence-corrected chi connectivity index (χ2v) is 4.92. The van der Waals surface area contributed by atoms with Gasteiger partial charge in [-0.05, 0) is 6.07 Å². The van der Waals surface area contributed by atoms with Gasteiger partial charge in [0.1, 0.15) is 11.8 Å². The van der Waals surface area contributed by atoms with Crippen molar-refractivity contribution in [3.05, 3.63) is 29.7 Å². The minimum atomic E-state index is 0.00227. The second-order valence-electron chi connectivity index (χ2n) is 4.92. The van der Waals surface area contributed by atoms with Gasteiger partial charge in [-0.25, -0.2) is 9.97 Å². The maximum absolute atomic E-state index is 8.75. The van der Waals surface area contributed by atoms with E-state index in [2.05, 4.69) is 46.3 Å². The van der Waals surface area contributed by atoms with Crippen molar-refractivity contribution in [2.75, 3.05) is 5.32 Å². The molecule has 0 fully saturated rings. The lowest BCUT2D eigenvalue weighted by Crippen LogP contribution is -2.11. The average molecular weight is 242 g/mol. The van der Waals surface area contributed by atoms with Crippen molar-refractivity contribution >= 4 is 11.8 Å². The first-order chi connectivity index (χ1) is 8.49. The Balaban J connectivity index is 2.19. The molecule has 2 N–H and O–H groups in total. The van der Waals surface area contributed by atoms with Crippen molar-refractivity contribution < 1.29 is 0 Å². The van der Waals surface area contributed by atoms with E-state index in [1.165, 1.54) is 6.20 Å². The number of hydrogen-bond acceptors (Lipinski definition) is 5. The summed E-state index contributed by atoms with van der Waals surface area (Å²) in [4.78, 5) is 8.05. The van der Waals surface area contributed by atoms with Gasteiger partial charge >= 0.3 is 0 Å². The summed E-state index contributed by atoms with van der Waals surface area (Å²) in [6.07, 6.45) is 1.53. The van der Waals surface area contributed by atoms with Gasteiger partial charge < -0.3 is 5.32 Å². The predicted molar refractivity (Wildman–Crippen MR) is 67.3 cm³/mol. The fraction of sp³-hybridized carbons (Fsp3) is 0.333. The second kappa shape index (κ2) is 4.45. The van der Waals surface area contributed by atoms with Crippen molar-refractivity contribution in [1.29, 1.82) is 5.26 Å². The highest BCUT2D eigenvalue weighted by Crippen LogP contribution is 2.22. The molecular formula is C12H14N6. The number of nitrogens with one attached hydrogen (secondary N) is 2. The molecular weight excluding hydrogens is 228 g/mol. The number of rotatable bonds is 2. The number of aromatic amines is 1. The number of H-pyrrole nitrogens is 1. The van der Waals surface area contributed by atoms with E-state index in [1.54, 1.807) is 6.07 Å². The molecule has 0 aliphatic heterocycles. The average Bonchev–Trinajstić information content (AvgIpc) is 2.77. The van der Waals surface area contributed by atoms with Gasteiger partial charge in [0.2, 0.25) is 5.95 Å². The molecule has 6 heteroatoms. The van der Waals surface area contributed by atoms with Crippen LogP contribution in [0.5, 0.6) is 0 Å². The molecule has 0 bridgehead atoms. The molecule has 2 aromatic heterocycles. The Hall–Kier alpha value is -2.42. The Bertz CT molecular complexity index is 587. The maximum Gasteiger partial charge on any atom is 0.229 e. The van der Waals surface area contributed by atoms with Crippen LogP contribution in [0.1, 0.15) is 32.2 Å². The van der Waals surface area contributed by atoms with Gasteiger partial charge in [0, 0.05) is 23.4 Å². The smallest absolute Gasteiger partial charge is 0.229 e. The van der Waals surface area contributed by atoms with Gasteiger partial charge in [0.05, 0.1) is 0 Å². The molecule has 0 spiro atoms. The molecule has 0 amide bonds. The van der Waals surface area contributed by atoms with E-state index in [0.717, 1.165) is 5.69 Å². The number of aromatic nitrogens is 4. The molecule has 0 radical (unpaired) electrons. The zero-order valence-corrected chi connectivity index (χ0v) is 10.5. The quantitative estimate of drug-likeness (QED) is 0.841. The molecule has 0 saturated heterocycles. The molecule has 0 aromatic carbocycles. The fourth-order valence-corrected chi connectivity index (χ4v) is 1.37. The maximum atomic E-state index is 8.75. The SMILES string of the molecule is CC(C)(C)c1cc(Nc2nccc(C#N)n2)n[nH]1. The third kappa shape index (κ3) is 2.63. The molecule has 0 aliphatic rings. The van der Waals surface area contributed by atoms with Crippen LogP contribution in [0.4, 0.5) is 11.8 Å². The number of anilines is 2. The molecule has 2 heterocycles. The Labute approximate surface area is 105 Å². The largest absolute Gasteiger partial charge is 0.307 e. The van der Waals surface area contributed by atoms with Crippen LogP contribution in [0.25, 0.3) is 0 Å². The summed E-state index contributed by atoms with van der Waals surface area (Å²) >= 11 is 0. The topological polar surface area (TPSA) is 90.3 Å². The van der Waals surface area contributed by atoms with E-state index in [4.69, 9.17) is 5.26 Å². The standard InChI is InChI=1S/C12H14N6/c1-12(2,3)9-6-10(18-17-9)16-11-14-5-4-8(7-13)15-11/h4-6H,1-3H3,(H2,14,15,16,17,18). The molecule has 0 saturated carbocycles. The monoisotopic (exact) mass is 242 g/mol. The Morgan fingerprint density at radius 1 is 1.39 bits per heavy atom. The minimum absolute atomic E-state index is 0.00227. The van der Waals surface area contributed by atoms with Crippen molar-refractivity contribution in [3.63, 3.8) is 0 Å². The van der Waals surface area contributed by atoms with Crippen molar-refractivity contribution in [1.82, 2.24) is 20.2 Å². The summed E-state index contributed by atoms with van der Waals surface area (Å²) in [5.74, 6) is 0.996. The third-order valence-electron chi connectivity index (χ3n) is 2.40. The van der Waals surface area contributed by atoms with Gasteiger partial charge in [-0.3, -0.25) is 5.10 Å². The van der Waals surface area contributed by atoms with Gasteiger partial charge in [-0.1, -0.05) is 20.8 Å². The normalized spacial score (nSPS) is 11.0. The van der Waals surface area contributed by atoms with Crippen LogP contribution in [0.3, 0.4) is 0 Å². The first kappa shape index (κ1) is 12.0. The number of nitrogens with zero attached hydrogens (tertiary/aromatic N) is 4. The fourth-order valence-electron chi connectivity index (χ4n) is 1.37. The molecule has 0 atom stereocenters. The van der Waals surface area contributed by atoms with Gasteiger partial charge in [-0.15, -0.1) is 0 Å². The summed E-state index contributed by atoms with van der Waals surface area (Å²) in [5.41, 5.74) is 1.34. The van der Waals surface area contributed by atoms with E-state index < -0.39 is 0 Å². The van der Waals surface area contributed by atoms with Crippen LogP contribution in [0.2, 0.25) is 0 Å². The first-order valence-corrected chi connectivity index (χ1v) is 5.55. The highest BCUT2D eigenvalue weighted by molar-refractivity contribution is 5.49. The van der Waals surface area contributed by atoms with Gasteiger partial charge in [0.25, 0.3) is 0 Å². The Morgan fingerprint density at radius 2 is 2.17 bits per heavy atom. The summed E-state index contributed by atoms with van der Waals surface area (Å²) in [6.45, 7) is 6.28. The minimum Gasteiger partial charge on any atom is -0.307 e. The molecule has 6 nitrogen and oxygen atoms in total. The van der Waals surface area contributed by atoms with Crippen molar-refractivity contribution in [2.24, 2.45) is 0 Å². The van der Waals surface area contributed by atoms with Crippen LogP contribution >= 0.6 is 0 Å². The van der Waals surface area contributed by atoms with Crippen LogP contribution < -0.4 is 5.32 Å². The first-order valence-electron chi connectivity index (χ1n) is 5.55. The van der Waals surface area contributed by atoms with Crippen LogP contribution in [0.15, 0.2) is 18.3 Å². The summed E-state index contributed by atoms with van der Waals surface area (Å²) in [5, 5.41) is 18.8. The van der Waals surface area contributed by atoms with Crippen LogP contribution in [-0.2, 0) is 5.41 Å². The molecule has 0 aliphatic carbocycles. The van der Waals surface area contributed by atoms with Crippen molar-refractivity contribution in [2.45, 2.75) is 26.2 Å². The van der Waals surface area contributed by atoms with Crippen LogP contribution in [0, 0.1) is 11.3 Å². The van der Waals surface area contributed by atoms with Gasteiger partial charge in [-0.2, -0.15) is 10.4 Å². The van der Waals surface area contributed by atoms with E-state index in [0.29, 0.717) is 17.5 Å². The van der Waals surface area contributed by atoms with E-state index in [9.17, 15) is 0 Å². The Morgan fingerprint density at radius 3 is 2.78 bits per heavy atom. The molecule has 2 rings (SSSR count). The third-order valence-corrected chi connectivity index (χ3v) is 2.40. The highest BCUT2D eigenvalue weighted by Gasteiger charge is 2.16. The predicted octanol–water partition coefficient (Wildman–Crippen LogP) is 2.11. The summed E-state index contributed by atoms with van der Waals surface area (Å²) < 4.78 is 0. The molecule has 0 unspecified atom stereocenters. The number of hydrogen-bond donors (Lipinski definition) is 2. The van der Waals surface area contributed by atoms with E-state index in [-0.39, 0.29) is 5.41 Å². The lowest BCUT2D eigenvalue weighted by Gasteiger charge is -2.14. The zero-order valence-electron chi connectivity index (χ0n) is 10.5.